The summed E-state index contributed by atoms with van der Waals surface area (Å²) in [5.41, 5.74) is 0.735. The third kappa shape index (κ3) is 2.46. The Morgan fingerprint density at radius 1 is 1.21 bits per heavy atom. The molecule has 7 heteroatoms. The number of carbonyl (C=O) groups is 4. The number of likely N-dealkylation sites (tertiary alicyclic amines) is 1. The summed E-state index contributed by atoms with van der Waals surface area (Å²) in [6.45, 7) is 1.77. The summed E-state index contributed by atoms with van der Waals surface area (Å²) in [4.78, 5) is 51.4. The Morgan fingerprint density at radius 3 is 2.33 bits per heavy atom. The van der Waals surface area contributed by atoms with Crippen molar-refractivity contribution in [3.8, 4) is 0 Å². The van der Waals surface area contributed by atoms with Crippen LogP contribution < -0.4 is 0 Å². The van der Waals surface area contributed by atoms with Crippen molar-refractivity contribution in [2.45, 2.75) is 31.8 Å². The van der Waals surface area contributed by atoms with Gasteiger partial charge in [-0.3, -0.25) is 19.3 Å². The average Bonchev–Trinajstić information content (AvgIpc) is 3.08. The van der Waals surface area contributed by atoms with Crippen molar-refractivity contribution in [1.82, 2.24) is 9.80 Å². The molecule has 2 heterocycles. The minimum absolute atomic E-state index is 0.0472. The molecule has 0 bridgehead atoms. The van der Waals surface area contributed by atoms with E-state index < -0.39 is 18.1 Å². The van der Waals surface area contributed by atoms with E-state index in [1.807, 2.05) is 0 Å². The van der Waals surface area contributed by atoms with E-state index in [0.717, 1.165) is 4.90 Å². The van der Waals surface area contributed by atoms with Gasteiger partial charge in [0.1, 0.15) is 6.04 Å². The molecule has 0 N–H and O–H groups in total. The molecule has 3 amide bonds. The molecule has 0 radical (unpaired) electrons. The van der Waals surface area contributed by atoms with Crippen LogP contribution in [0.5, 0.6) is 0 Å². The lowest BCUT2D eigenvalue weighted by atomic mass is 10.1. The third-order valence-corrected chi connectivity index (χ3v) is 4.53. The Hall–Kier alpha value is -2.70. The maximum Gasteiger partial charge on any atom is 0.328 e. The number of imide groups is 1. The molecule has 1 saturated heterocycles. The molecular weight excluding hydrogens is 312 g/mol. The van der Waals surface area contributed by atoms with Crippen molar-refractivity contribution < 1.29 is 23.9 Å². The molecule has 3 rings (SSSR count). The summed E-state index contributed by atoms with van der Waals surface area (Å²) in [7, 11) is 1.28. The van der Waals surface area contributed by atoms with Gasteiger partial charge in [-0.1, -0.05) is 12.1 Å². The topological polar surface area (TPSA) is 84.0 Å². The maximum atomic E-state index is 12.4. The SMILES string of the molecule is COC(=O)C1CCC(=O)N1C(C)CN1C(=O)c2ccccc2C1=O. The van der Waals surface area contributed by atoms with E-state index in [9.17, 15) is 19.2 Å². The van der Waals surface area contributed by atoms with Gasteiger partial charge in [0.2, 0.25) is 5.91 Å². The molecule has 7 nitrogen and oxygen atoms in total. The highest BCUT2D eigenvalue weighted by molar-refractivity contribution is 6.21. The molecule has 2 aliphatic rings. The van der Waals surface area contributed by atoms with Crippen molar-refractivity contribution in [2.24, 2.45) is 0 Å². The van der Waals surface area contributed by atoms with E-state index in [-0.39, 0.29) is 30.7 Å². The molecule has 0 saturated carbocycles. The highest BCUT2D eigenvalue weighted by Crippen LogP contribution is 2.26. The normalized spacial score (nSPS) is 21.2. The Morgan fingerprint density at radius 2 is 1.79 bits per heavy atom. The Labute approximate surface area is 139 Å². The number of nitrogens with zero attached hydrogens (tertiary/aromatic N) is 2. The molecule has 126 valence electrons. The van der Waals surface area contributed by atoms with Gasteiger partial charge < -0.3 is 9.64 Å². The molecule has 0 aromatic heterocycles. The first-order valence-electron chi connectivity index (χ1n) is 7.80. The number of amides is 3. The van der Waals surface area contributed by atoms with Gasteiger partial charge in [0.25, 0.3) is 11.8 Å². The molecule has 2 aliphatic heterocycles. The van der Waals surface area contributed by atoms with Crippen LogP contribution in [0, 0.1) is 0 Å². The van der Waals surface area contributed by atoms with Crippen LogP contribution in [0.3, 0.4) is 0 Å². The lowest BCUT2D eigenvalue weighted by Crippen LogP contribution is -2.50. The second kappa shape index (κ2) is 6.07. The van der Waals surface area contributed by atoms with Crippen molar-refractivity contribution in [2.75, 3.05) is 13.7 Å². The van der Waals surface area contributed by atoms with E-state index >= 15 is 0 Å². The van der Waals surface area contributed by atoms with Gasteiger partial charge in [0.15, 0.2) is 0 Å². The van der Waals surface area contributed by atoms with Gasteiger partial charge in [-0.05, 0) is 25.5 Å². The fourth-order valence-electron chi connectivity index (χ4n) is 3.38. The standard InChI is InChI=1S/C17H18N2O5/c1-10(19-13(17(23)24-2)7-8-14(19)20)9-18-15(21)11-5-3-4-6-12(11)16(18)22/h3-6,10,13H,7-9H2,1-2H3. The van der Waals surface area contributed by atoms with Crippen molar-refractivity contribution in [3.05, 3.63) is 35.4 Å². The summed E-state index contributed by atoms with van der Waals surface area (Å²) in [5, 5.41) is 0. The van der Waals surface area contributed by atoms with Crippen LogP contribution in [-0.2, 0) is 14.3 Å². The van der Waals surface area contributed by atoms with Crippen LogP contribution >= 0.6 is 0 Å². The van der Waals surface area contributed by atoms with E-state index in [1.165, 1.54) is 12.0 Å². The Kier molecular flexibility index (Phi) is 4.09. The van der Waals surface area contributed by atoms with Crippen LogP contribution in [0.2, 0.25) is 0 Å². The zero-order chi connectivity index (χ0) is 17.4. The zero-order valence-corrected chi connectivity index (χ0v) is 13.5. The molecule has 1 aromatic carbocycles. The lowest BCUT2D eigenvalue weighted by molar-refractivity contribution is -0.150. The first kappa shape index (κ1) is 16.2. The number of benzene rings is 1. The molecule has 1 aromatic rings. The second-order valence-electron chi connectivity index (χ2n) is 5.99. The van der Waals surface area contributed by atoms with Gasteiger partial charge in [-0.15, -0.1) is 0 Å². The fourth-order valence-corrected chi connectivity index (χ4v) is 3.38. The van der Waals surface area contributed by atoms with Crippen LogP contribution in [0.1, 0.15) is 40.5 Å². The van der Waals surface area contributed by atoms with Crippen molar-refractivity contribution in [1.29, 1.82) is 0 Å². The number of carbonyl (C=O) groups excluding carboxylic acids is 4. The van der Waals surface area contributed by atoms with E-state index in [4.69, 9.17) is 4.74 Å². The largest absolute Gasteiger partial charge is 0.467 e. The molecular formula is C17H18N2O5. The first-order chi connectivity index (χ1) is 11.5. The summed E-state index contributed by atoms with van der Waals surface area (Å²) >= 11 is 0. The Balaban J connectivity index is 1.79. The molecule has 2 atom stereocenters. The van der Waals surface area contributed by atoms with E-state index in [2.05, 4.69) is 0 Å². The molecule has 24 heavy (non-hydrogen) atoms. The van der Waals surface area contributed by atoms with Gasteiger partial charge in [-0.25, -0.2) is 4.79 Å². The maximum absolute atomic E-state index is 12.4. The Bertz CT molecular complexity index is 694. The fraction of sp³-hybridized carbons (Fsp3) is 0.412. The number of methoxy groups -OCH3 is 1. The van der Waals surface area contributed by atoms with Crippen LogP contribution in [0.25, 0.3) is 0 Å². The van der Waals surface area contributed by atoms with Gasteiger partial charge in [0.05, 0.1) is 18.2 Å². The summed E-state index contributed by atoms with van der Waals surface area (Å²) in [5.74, 6) is -1.39. The first-order valence-corrected chi connectivity index (χ1v) is 7.80. The summed E-state index contributed by atoms with van der Waals surface area (Å²) in [6.07, 6.45) is 0.643. The number of esters is 1. The molecule has 1 fully saturated rings. The minimum atomic E-state index is -0.660. The third-order valence-electron chi connectivity index (χ3n) is 4.53. The molecule has 0 aliphatic carbocycles. The average molecular weight is 330 g/mol. The highest BCUT2D eigenvalue weighted by atomic mass is 16.5. The second-order valence-corrected chi connectivity index (χ2v) is 5.99. The zero-order valence-electron chi connectivity index (χ0n) is 13.5. The van der Waals surface area contributed by atoms with Gasteiger partial charge in [0, 0.05) is 19.0 Å². The molecule has 2 unspecified atom stereocenters. The van der Waals surface area contributed by atoms with Crippen molar-refractivity contribution in [3.63, 3.8) is 0 Å². The van der Waals surface area contributed by atoms with E-state index in [0.29, 0.717) is 17.5 Å². The number of rotatable bonds is 4. The van der Waals surface area contributed by atoms with Gasteiger partial charge >= 0.3 is 5.97 Å². The van der Waals surface area contributed by atoms with Crippen LogP contribution in [-0.4, -0.2) is 59.2 Å². The molecule has 0 spiro atoms. The van der Waals surface area contributed by atoms with Crippen LogP contribution in [0.15, 0.2) is 24.3 Å². The predicted molar refractivity (Wildman–Crippen MR) is 83.2 cm³/mol. The summed E-state index contributed by atoms with van der Waals surface area (Å²) in [6, 6.07) is 5.50. The number of ether oxygens (including phenoxy) is 1. The van der Waals surface area contributed by atoms with Gasteiger partial charge in [-0.2, -0.15) is 0 Å². The van der Waals surface area contributed by atoms with E-state index in [1.54, 1.807) is 31.2 Å². The summed E-state index contributed by atoms with van der Waals surface area (Å²) < 4.78 is 4.75. The number of hydrogen-bond donors (Lipinski definition) is 0. The number of fused-ring (bicyclic) bond motifs is 1. The highest BCUT2D eigenvalue weighted by Gasteiger charge is 2.42. The monoisotopic (exact) mass is 330 g/mol. The lowest BCUT2D eigenvalue weighted by Gasteiger charge is -2.31. The van der Waals surface area contributed by atoms with Crippen LogP contribution in [0.4, 0.5) is 0 Å². The van der Waals surface area contributed by atoms with Crippen molar-refractivity contribution >= 4 is 23.7 Å². The smallest absolute Gasteiger partial charge is 0.328 e. The predicted octanol–water partition coefficient (Wildman–Crippen LogP) is 0.835. The quantitative estimate of drug-likeness (QED) is 0.603. The minimum Gasteiger partial charge on any atom is -0.467 e. The number of hydrogen-bond acceptors (Lipinski definition) is 5.